The average molecular weight is 285 g/mol. The van der Waals surface area contributed by atoms with Gasteiger partial charge in [-0.1, -0.05) is 12.1 Å². The molecule has 1 heterocycles. The number of likely N-dealkylation sites (N-methyl/N-ethyl adjacent to an activating group) is 1. The van der Waals surface area contributed by atoms with Gasteiger partial charge in [-0.3, -0.25) is 0 Å². The van der Waals surface area contributed by atoms with E-state index in [1.807, 2.05) is 7.05 Å². The SMILES string of the molecule is CN1CCN(NS(=O)(=O)c2cccc(CO)c2)CC1. The van der Waals surface area contributed by atoms with Crippen molar-refractivity contribution in [1.82, 2.24) is 14.7 Å². The summed E-state index contributed by atoms with van der Waals surface area (Å²) >= 11 is 0. The van der Waals surface area contributed by atoms with E-state index in [0.29, 0.717) is 18.7 Å². The summed E-state index contributed by atoms with van der Waals surface area (Å²) in [5.41, 5.74) is 0.584. The second-order valence-electron chi connectivity index (χ2n) is 4.69. The molecule has 1 saturated heterocycles. The van der Waals surface area contributed by atoms with Crippen molar-refractivity contribution in [2.24, 2.45) is 0 Å². The summed E-state index contributed by atoms with van der Waals surface area (Å²) in [6.07, 6.45) is 0. The smallest absolute Gasteiger partial charge is 0.253 e. The van der Waals surface area contributed by atoms with Gasteiger partial charge in [-0.15, -0.1) is 4.83 Å². The maximum atomic E-state index is 12.2. The highest BCUT2D eigenvalue weighted by molar-refractivity contribution is 7.89. The minimum atomic E-state index is -3.56. The van der Waals surface area contributed by atoms with E-state index in [9.17, 15) is 8.42 Å². The molecule has 0 amide bonds. The number of piperazine rings is 1. The molecule has 1 aliphatic rings. The quantitative estimate of drug-likeness (QED) is 0.789. The summed E-state index contributed by atoms with van der Waals surface area (Å²) < 4.78 is 24.4. The van der Waals surface area contributed by atoms with Gasteiger partial charge < -0.3 is 10.0 Å². The topological polar surface area (TPSA) is 72.9 Å². The number of hydrogen-bond donors (Lipinski definition) is 2. The van der Waals surface area contributed by atoms with Crippen LogP contribution in [0, 0.1) is 0 Å². The van der Waals surface area contributed by atoms with Gasteiger partial charge in [-0.05, 0) is 24.7 Å². The Labute approximate surface area is 113 Å². The van der Waals surface area contributed by atoms with E-state index in [0.717, 1.165) is 13.1 Å². The first-order valence-corrected chi connectivity index (χ1v) is 7.65. The van der Waals surface area contributed by atoms with E-state index in [1.165, 1.54) is 12.1 Å². The van der Waals surface area contributed by atoms with Crippen molar-refractivity contribution < 1.29 is 13.5 Å². The van der Waals surface area contributed by atoms with Crippen LogP contribution in [0.1, 0.15) is 5.56 Å². The van der Waals surface area contributed by atoms with E-state index in [2.05, 4.69) is 9.73 Å². The summed E-state index contributed by atoms with van der Waals surface area (Å²) in [5, 5.41) is 10.8. The molecule has 106 valence electrons. The van der Waals surface area contributed by atoms with Gasteiger partial charge in [0.15, 0.2) is 0 Å². The highest BCUT2D eigenvalue weighted by atomic mass is 32.2. The molecule has 2 rings (SSSR count). The number of benzene rings is 1. The Morgan fingerprint density at radius 1 is 1.26 bits per heavy atom. The van der Waals surface area contributed by atoms with Crippen molar-refractivity contribution in [3.05, 3.63) is 29.8 Å². The third kappa shape index (κ3) is 3.74. The van der Waals surface area contributed by atoms with Crippen LogP contribution in [0.2, 0.25) is 0 Å². The first-order chi connectivity index (χ1) is 9.01. The van der Waals surface area contributed by atoms with Crippen LogP contribution >= 0.6 is 0 Å². The molecule has 0 aromatic heterocycles. The first kappa shape index (κ1) is 14.4. The van der Waals surface area contributed by atoms with Crippen molar-refractivity contribution >= 4 is 10.0 Å². The summed E-state index contributed by atoms with van der Waals surface area (Å²) in [7, 11) is -1.55. The Kier molecular flexibility index (Phi) is 4.54. The van der Waals surface area contributed by atoms with Gasteiger partial charge in [0, 0.05) is 26.2 Å². The molecule has 1 aliphatic heterocycles. The molecule has 0 radical (unpaired) electrons. The van der Waals surface area contributed by atoms with E-state index in [-0.39, 0.29) is 11.5 Å². The standard InChI is InChI=1S/C12H19N3O3S/c1-14-5-7-15(8-6-14)13-19(17,18)12-4-2-3-11(9-12)10-16/h2-4,9,13,16H,5-8,10H2,1H3. The van der Waals surface area contributed by atoms with Gasteiger partial charge >= 0.3 is 0 Å². The van der Waals surface area contributed by atoms with Crippen molar-refractivity contribution in [2.75, 3.05) is 33.2 Å². The molecule has 0 spiro atoms. The van der Waals surface area contributed by atoms with Crippen molar-refractivity contribution in [3.63, 3.8) is 0 Å². The molecular weight excluding hydrogens is 266 g/mol. The van der Waals surface area contributed by atoms with Gasteiger partial charge in [0.05, 0.1) is 11.5 Å². The van der Waals surface area contributed by atoms with Gasteiger partial charge in [0.25, 0.3) is 10.0 Å². The summed E-state index contributed by atoms with van der Waals surface area (Å²) in [4.78, 5) is 4.91. The fourth-order valence-corrected chi connectivity index (χ4v) is 3.12. The number of hydrazine groups is 1. The lowest BCUT2D eigenvalue weighted by Gasteiger charge is -2.32. The lowest BCUT2D eigenvalue weighted by Crippen LogP contribution is -2.52. The predicted molar refractivity (Wildman–Crippen MR) is 71.8 cm³/mol. The third-order valence-electron chi connectivity index (χ3n) is 3.14. The van der Waals surface area contributed by atoms with Crippen LogP contribution in [0.3, 0.4) is 0 Å². The Morgan fingerprint density at radius 2 is 1.95 bits per heavy atom. The largest absolute Gasteiger partial charge is 0.392 e. The molecule has 0 atom stereocenters. The summed E-state index contributed by atoms with van der Waals surface area (Å²) in [5.74, 6) is 0. The molecule has 0 bridgehead atoms. The predicted octanol–water partition coefficient (Wildman–Crippen LogP) is -0.380. The van der Waals surface area contributed by atoms with Crippen molar-refractivity contribution in [3.8, 4) is 0 Å². The third-order valence-corrected chi connectivity index (χ3v) is 4.52. The second-order valence-corrected chi connectivity index (χ2v) is 6.35. The van der Waals surface area contributed by atoms with Crippen LogP contribution in [0.5, 0.6) is 0 Å². The molecule has 19 heavy (non-hydrogen) atoms. The van der Waals surface area contributed by atoms with Crippen molar-refractivity contribution in [2.45, 2.75) is 11.5 Å². The number of nitrogens with zero attached hydrogens (tertiary/aromatic N) is 2. The molecule has 7 heteroatoms. The zero-order valence-corrected chi connectivity index (χ0v) is 11.7. The van der Waals surface area contributed by atoms with Crippen molar-refractivity contribution in [1.29, 1.82) is 0 Å². The van der Waals surface area contributed by atoms with Crippen LogP contribution in [0.4, 0.5) is 0 Å². The number of aliphatic hydroxyl groups excluding tert-OH is 1. The number of rotatable bonds is 4. The molecule has 1 aromatic carbocycles. The maximum Gasteiger partial charge on any atom is 0.253 e. The molecule has 1 fully saturated rings. The average Bonchev–Trinajstić information content (AvgIpc) is 2.41. The van der Waals surface area contributed by atoms with Gasteiger partial charge in [-0.25, -0.2) is 13.4 Å². The van der Waals surface area contributed by atoms with Crippen LogP contribution < -0.4 is 4.83 Å². The number of nitrogens with one attached hydrogen (secondary N) is 1. The van der Waals surface area contributed by atoms with Crippen LogP contribution in [-0.2, 0) is 16.6 Å². The molecule has 6 nitrogen and oxygen atoms in total. The monoisotopic (exact) mass is 285 g/mol. The van der Waals surface area contributed by atoms with Gasteiger partial charge in [0.2, 0.25) is 0 Å². The van der Waals surface area contributed by atoms with E-state index < -0.39 is 10.0 Å². The summed E-state index contributed by atoms with van der Waals surface area (Å²) in [6, 6.07) is 6.33. The Balaban J connectivity index is 2.09. The van der Waals surface area contributed by atoms with E-state index >= 15 is 0 Å². The zero-order valence-electron chi connectivity index (χ0n) is 10.9. The Morgan fingerprint density at radius 3 is 2.58 bits per heavy atom. The Hall–Kier alpha value is -0.990. The molecule has 1 aromatic rings. The minimum absolute atomic E-state index is 0.169. The second kappa shape index (κ2) is 5.98. The lowest BCUT2D eigenvalue weighted by molar-refractivity contribution is 0.135. The van der Waals surface area contributed by atoms with Gasteiger partial charge in [0.1, 0.15) is 0 Å². The number of aliphatic hydroxyl groups is 1. The zero-order chi connectivity index (χ0) is 13.9. The molecule has 0 unspecified atom stereocenters. The molecular formula is C12H19N3O3S. The fraction of sp³-hybridized carbons (Fsp3) is 0.500. The Bertz CT molecular complexity index is 525. The summed E-state index contributed by atoms with van der Waals surface area (Å²) in [6.45, 7) is 2.82. The van der Waals surface area contributed by atoms with E-state index in [4.69, 9.17) is 5.11 Å². The van der Waals surface area contributed by atoms with Crippen LogP contribution in [0.15, 0.2) is 29.2 Å². The normalized spacial score (nSPS) is 18.6. The highest BCUT2D eigenvalue weighted by Crippen LogP contribution is 2.12. The molecule has 0 saturated carbocycles. The van der Waals surface area contributed by atoms with Gasteiger partial charge in [-0.2, -0.15) is 0 Å². The van der Waals surface area contributed by atoms with Crippen LogP contribution in [-0.4, -0.2) is 56.7 Å². The minimum Gasteiger partial charge on any atom is -0.392 e. The fourth-order valence-electron chi connectivity index (χ4n) is 1.93. The maximum absolute atomic E-state index is 12.2. The highest BCUT2D eigenvalue weighted by Gasteiger charge is 2.21. The lowest BCUT2D eigenvalue weighted by atomic mass is 10.2. The first-order valence-electron chi connectivity index (χ1n) is 6.17. The van der Waals surface area contributed by atoms with E-state index in [1.54, 1.807) is 17.1 Å². The molecule has 2 N–H and O–H groups in total. The number of hydrogen-bond acceptors (Lipinski definition) is 5. The number of sulfonamides is 1. The van der Waals surface area contributed by atoms with Crippen LogP contribution in [0.25, 0.3) is 0 Å². The molecule has 0 aliphatic carbocycles.